The maximum Gasteiger partial charge on any atom is 0.0900 e. The van der Waals surface area contributed by atoms with Gasteiger partial charge in [0.05, 0.1) is 30.0 Å². The third kappa shape index (κ3) is 1.38. The first-order valence-corrected chi connectivity index (χ1v) is 5.91. The molecule has 0 spiro atoms. The fourth-order valence-corrected chi connectivity index (χ4v) is 3.10. The van der Waals surface area contributed by atoms with Crippen molar-refractivity contribution < 1.29 is 4.74 Å². The van der Waals surface area contributed by atoms with Crippen LogP contribution in [0.1, 0.15) is 15.6 Å². The normalized spacial score (nSPS) is 23.2. The van der Waals surface area contributed by atoms with Crippen molar-refractivity contribution in [3.8, 4) is 0 Å². The third-order valence-corrected chi connectivity index (χ3v) is 4.00. The second kappa shape index (κ2) is 3.29. The minimum Gasteiger partial charge on any atom is -0.378 e. The number of rotatable bonds is 1. The van der Waals surface area contributed by atoms with E-state index < -0.39 is 0 Å². The Bertz CT molecular complexity index is 346. The monoisotopic (exact) mass is 210 g/mol. The Balaban J connectivity index is 1.78. The molecule has 3 nitrogen and oxygen atoms in total. The average molecular weight is 210 g/mol. The second-order valence-electron chi connectivity index (χ2n) is 4.01. The first-order valence-electron chi connectivity index (χ1n) is 5.10. The van der Waals surface area contributed by atoms with E-state index in [-0.39, 0.29) is 0 Å². The zero-order valence-electron chi connectivity index (χ0n) is 8.32. The van der Waals surface area contributed by atoms with E-state index in [0.29, 0.717) is 6.04 Å². The first kappa shape index (κ1) is 8.83. The second-order valence-corrected chi connectivity index (χ2v) is 5.30. The minimum absolute atomic E-state index is 0.672. The Morgan fingerprint density at radius 2 is 2.36 bits per heavy atom. The van der Waals surface area contributed by atoms with Crippen molar-refractivity contribution in [3.63, 3.8) is 0 Å². The zero-order chi connectivity index (χ0) is 9.54. The Kier molecular flexibility index (Phi) is 2.08. The lowest BCUT2D eigenvalue weighted by molar-refractivity contribution is -0.0692. The Labute approximate surface area is 87.7 Å². The molecule has 2 aliphatic rings. The lowest BCUT2D eigenvalue weighted by atomic mass is 10.1. The van der Waals surface area contributed by atoms with Gasteiger partial charge in [-0.05, 0) is 6.92 Å². The molecule has 1 aromatic rings. The lowest BCUT2D eigenvalue weighted by Gasteiger charge is -2.38. The number of hydrogen-bond acceptors (Lipinski definition) is 4. The van der Waals surface area contributed by atoms with Crippen LogP contribution >= 0.6 is 11.3 Å². The van der Waals surface area contributed by atoms with E-state index in [1.807, 2.05) is 11.3 Å². The molecule has 0 N–H and O–H groups in total. The summed E-state index contributed by atoms with van der Waals surface area (Å²) in [5.41, 5.74) is 1.34. The van der Waals surface area contributed by atoms with Crippen molar-refractivity contribution in [1.29, 1.82) is 0 Å². The maximum absolute atomic E-state index is 5.23. The smallest absolute Gasteiger partial charge is 0.0900 e. The van der Waals surface area contributed by atoms with E-state index in [4.69, 9.17) is 4.74 Å². The van der Waals surface area contributed by atoms with Crippen LogP contribution in [0.4, 0.5) is 0 Å². The summed E-state index contributed by atoms with van der Waals surface area (Å²) in [6.45, 7) is 6.19. The molecule has 1 saturated heterocycles. The average Bonchev–Trinajstić information content (AvgIpc) is 2.40. The molecule has 0 radical (unpaired) electrons. The minimum atomic E-state index is 0.672. The molecule has 0 bridgehead atoms. The molecule has 1 aromatic heterocycles. The van der Waals surface area contributed by atoms with E-state index in [1.54, 1.807) is 0 Å². The molecule has 1 fully saturated rings. The highest BCUT2D eigenvalue weighted by Crippen LogP contribution is 2.27. The van der Waals surface area contributed by atoms with Crippen LogP contribution in [-0.4, -0.2) is 35.7 Å². The molecular weight excluding hydrogens is 196 g/mol. The highest BCUT2D eigenvalue weighted by Gasteiger charge is 2.29. The van der Waals surface area contributed by atoms with Gasteiger partial charge in [-0.25, -0.2) is 4.98 Å². The Hall–Kier alpha value is -0.450. The van der Waals surface area contributed by atoms with Crippen LogP contribution in [0.2, 0.25) is 0 Å². The summed E-state index contributed by atoms with van der Waals surface area (Å²) >= 11 is 1.85. The molecule has 76 valence electrons. The van der Waals surface area contributed by atoms with Crippen LogP contribution in [0.5, 0.6) is 0 Å². The van der Waals surface area contributed by atoms with Crippen molar-refractivity contribution in [1.82, 2.24) is 9.88 Å². The molecule has 3 rings (SSSR count). The molecule has 4 heteroatoms. The van der Waals surface area contributed by atoms with Gasteiger partial charge in [-0.2, -0.15) is 0 Å². The van der Waals surface area contributed by atoms with Gasteiger partial charge in [0.2, 0.25) is 0 Å². The van der Waals surface area contributed by atoms with Gasteiger partial charge >= 0.3 is 0 Å². The van der Waals surface area contributed by atoms with Crippen LogP contribution < -0.4 is 0 Å². The molecular formula is C10H14N2OS. The maximum atomic E-state index is 5.23. The quantitative estimate of drug-likeness (QED) is 0.696. The summed E-state index contributed by atoms with van der Waals surface area (Å²) in [6, 6.07) is 0.672. The van der Waals surface area contributed by atoms with E-state index >= 15 is 0 Å². The third-order valence-electron chi connectivity index (χ3n) is 3.00. The molecule has 0 atom stereocenters. The van der Waals surface area contributed by atoms with Crippen molar-refractivity contribution in [2.75, 3.05) is 19.8 Å². The number of aromatic nitrogens is 1. The molecule has 0 amide bonds. The van der Waals surface area contributed by atoms with Gasteiger partial charge in [0.1, 0.15) is 0 Å². The van der Waals surface area contributed by atoms with Crippen LogP contribution in [0.25, 0.3) is 0 Å². The first-order chi connectivity index (χ1) is 6.83. The largest absolute Gasteiger partial charge is 0.378 e. The van der Waals surface area contributed by atoms with Crippen molar-refractivity contribution >= 4 is 11.3 Å². The predicted molar refractivity (Wildman–Crippen MR) is 55.6 cm³/mol. The van der Waals surface area contributed by atoms with Gasteiger partial charge < -0.3 is 4.74 Å². The summed E-state index contributed by atoms with van der Waals surface area (Å²) in [5, 5.41) is 1.21. The standard InChI is InChI=1S/C10H14N2OS/c1-7-11-9-2-3-12(4-10(9)14-7)8-5-13-6-8/h8H,2-6H2,1H3. The molecule has 0 unspecified atom stereocenters. The van der Waals surface area contributed by atoms with E-state index in [2.05, 4.69) is 16.8 Å². The fourth-order valence-electron chi connectivity index (χ4n) is 2.09. The van der Waals surface area contributed by atoms with E-state index in [0.717, 1.165) is 32.7 Å². The molecule has 0 aromatic carbocycles. The van der Waals surface area contributed by atoms with E-state index in [9.17, 15) is 0 Å². The van der Waals surface area contributed by atoms with Crippen LogP contribution in [0, 0.1) is 6.92 Å². The molecule has 14 heavy (non-hydrogen) atoms. The molecule has 3 heterocycles. The highest BCUT2D eigenvalue weighted by molar-refractivity contribution is 7.11. The van der Waals surface area contributed by atoms with Crippen LogP contribution in [0.15, 0.2) is 0 Å². The molecule has 0 aliphatic carbocycles. The summed E-state index contributed by atoms with van der Waals surface area (Å²) in [7, 11) is 0. The topological polar surface area (TPSA) is 25.4 Å². The van der Waals surface area contributed by atoms with Gasteiger partial charge in [0.25, 0.3) is 0 Å². The fraction of sp³-hybridized carbons (Fsp3) is 0.700. The van der Waals surface area contributed by atoms with Crippen molar-refractivity contribution in [2.45, 2.75) is 25.9 Å². The van der Waals surface area contributed by atoms with Gasteiger partial charge in [0, 0.05) is 24.4 Å². The Morgan fingerprint density at radius 3 is 3.07 bits per heavy atom. The van der Waals surface area contributed by atoms with Gasteiger partial charge in [-0.3, -0.25) is 4.90 Å². The van der Waals surface area contributed by atoms with Gasteiger partial charge in [-0.1, -0.05) is 0 Å². The van der Waals surface area contributed by atoms with Crippen LogP contribution in [0.3, 0.4) is 0 Å². The molecule has 2 aliphatic heterocycles. The van der Waals surface area contributed by atoms with Crippen molar-refractivity contribution in [3.05, 3.63) is 15.6 Å². The van der Waals surface area contributed by atoms with Gasteiger partial charge in [-0.15, -0.1) is 11.3 Å². The Morgan fingerprint density at radius 1 is 1.50 bits per heavy atom. The van der Waals surface area contributed by atoms with Gasteiger partial charge in [0.15, 0.2) is 0 Å². The highest BCUT2D eigenvalue weighted by atomic mass is 32.1. The number of nitrogens with zero attached hydrogens (tertiary/aromatic N) is 2. The number of ether oxygens (including phenoxy) is 1. The number of thiazole rings is 1. The number of hydrogen-bond donors (Lipinski definition) is 0. The SMILES string of the molecule is Cc1nc2c(s1)CN(C1COC1)CC2. The predicted octanol–water partition coefficient (Wildman–Crippen LogP) is 1.21. The van der Waals surface area contributed by atoms with Crippen molar-refractivity contribution in [2.24, 2.45) is 0 Å². The lowest BCUT2D eigenvalue weighted by Crippen LogP contribution is -2.50. The summed E-state index contributed by atoms with van der Waals surface area (Å²) < 4.78 is 5.23. The van der Waals surface area contributed by atoms with Crippen LogP contribution in [-0.2, 0) is 17.7 Å². The van der Waals surface area contributed by atoms with E-state index in [1.165, 1.54) is 15.6 Å². The summed E-state index contributed by atoms with van der Waals surface area (Å²) in [6.07, 6.45) is 1.12. The number of aryl methyl sites for hydroxylation is 1. The number of fused-ring (bicyclic) bond motifs is 1. The summed E-state index contributed by atoms with van der Waals surface area (Å²) in [5.74, 6) is 0. The summed E-state index contributed by atoms with van der Waals surface area (Å²) in [4.78, 5) is 8.55. The zero-order valence-corrected chi connectivity index (χ0v) is 9.14. The molecule has 0 saturated carbocycles.